The Hall–Kier alpha value is -11.7. The highest BCUT2D eigenvalue weighted by molar-refractivity contribution is 6.00. The molecule has 12 atom stereocenters. The normalized spacial score (nSPS) is 14.1. The Morgan fingerprint density at radius 2 is 0.728 bits per heavy atom. The topological polar surface area (TPSA) is 717 Å². The van der Waals surface area contributed by atoms with Gasteiger partial charge in [-0.1, -0.05) is 94.8 Å². The molecule has 634 valence electrons. The summed E-state index contributed by atoms with van der Waals surface area (Å²) in [6.07, 6.45) is -0.649. The Bertz CT molecular complexity index is 3550. The average molecular weight is 1610 g/mol. The lowest BCUT2D eigenvalue weighted by atomic mass is 9.97. The van der Waals surface area contributed by atoms with Gasteiger partial charge in [-0.25, -0.2) is 0 Å². The molecule has 42 nitrogen and oxygen atoms in total. The van der Waals surface area contributed by atoms with Crippen LogP contribution in [0.15, 0.2) is 70.6 Å². The molecule has 114 heavy (non-hydrogen) atoms. The van der Waals surface area contributed by atoms with E-state index in [1.165, 1.54) is 13.8 Å². The minimum Gasteiger partial charge on any atom is -0.481 e. The van der Waals surface area contributed by atoms with E-state index in [1.807, 2.05) is 0 Å². The molecular weight excluding hydrogens is 1490 g/mol. The lowest BCUT2D eigenvalue weighted by molar-refractivity contribution is -0.140. The third-order valence-electron chi connectivity index (χ3n) is 17.6. The summed E-state index contributed by atoms with van der Waals surface area (Å²) in [5, 5.41) is 70.8. The van der Waals surface area contributed by atoms with Crippen molar-refractivity contribution in [2.24, 2.45) is 62.0 Å². The minimum absolute atomic E-state index is 0.0106. The van der Waals surface area contributed by atoms with Crippen LogP contribution in [0.3, 0.4) is 0 Å². The Labute approximate surface area is 659 Å². The Morgan fingerprint density at radius 1 is 0.377 bits per heavy atom. The molecule has 0 fully saturated rings. The third-order valence-corrected chi connectivity index (χ3v) is 17.6. The Morgan fingerprint density at radius 3 is 1.16 bits per heavy atom. The fourth-order valence-electron chi connectivity index (χ4n) is 11.1. The van der Waals surface area contributed by atoms with E-state index in [2.05, 4.69) is 79.1 Å². The maximum Gasteiger partial charge on any atom is 0.322 e. The molecule has 0 aliphatic rings. The molecule has 13 amide bonds. The number of benzene rings is 2. The maximum atomic E-state index is 14.5. The predicted octanol–water partition coefficient (Wildman–Crippen LogP) is -7.13. The van der Waals surface area contributed by atoms with Crippen LogP contribution in [0, 0.1) is 11.8 Å². The highest BCUT2D eigenvalue weighted by atomic mass is 16.4. The zero-order valence-electron chi connectivity index (χ0n) is 64.7. The van der Waals surface area contributed by atoms with Crippen molar-refractivity contribution in [3.8, 4) is 0 Å². The van der Waals surface area contributed by atoms with Crippen molar-refractivity contribution < 1.29 is 97.1 Å². The van der Waals surface area contributed by atoms with E-state index in [1.54, 1.807) is 74.5 Å². The van der Waals surface area contributed by atoms with E-state index < -0.39 is 225 Å². The zero-order valence-corrected chi connectivity index (χ0v) is 64.7. The van der Waals surface area contributed by atoms with Gasteiger partial charge in [0.25, 0.3) is 0 Å². The fourth-order valence-corrected chi connectivity index (χ4v) is 11.1. The van der Waals surface area contributed by atoms with Crippen molar-refractivity contribution in [3.05, 3.63) is 71.8 Å². The molecule has 0 spiro atoms. The van der Waals surface area contributed by atoms with Gasteiger partial charge >= 0.3 is 17.9 Å². The van der Waals surface area contributed by atoms with Crippen molar-refractivity contribution in [2.75, 3.05) is 52.4 Å². The van der Waals surface area contributed by atoms with Gasteiger partial charge in [0.2, 0.25) is 76.8 Å². The van der Waals surface area contributed by atoms with Crippen LogP contribution in [0.5, 0.6) is 0 Å². The van der Waals surface area contributed by atoms with Gasteiger partial charge in [0, 0.05) is 38.8 Å². The number of amides is 13. The molecule has 0 heterocycles. The van der Waals surface area contributed by atoms with Gasteiger partial charge in [-0.2, -0.15) is 0 Å². The first-order valence-corrected chi connectivity index (χ1v) is 37.5. The van der Waals surface area contributed by atoms with Crippen molar-refractivity contribution in [1.82, 2.24) is 69.1 Å². The number of hydrogen-bond donors (Lipinski definition) is 24. The first kappa shape index (κ1) is 98.4. The summed E-state index contributed by atoms with van der Waals surface area (Å²) >= 11 is 0. The average Bonchev–Trinajstić information content (AvgIpc) is 0.850. The number of carbonyl (C=O) groups is 16. The van der Waals surface area contributed by atoms with Crippen LogP contribution in [0.1, 0.15) is 135 Å². The van der Waals surface area contributed by atoms with Crippen molar-refractivity contribution in [1.29, 1.82) is 0 Å². The summed E-state index contributed by atoms with van der Waals surface area (Å²) in [4.78, 5) is 223. The van der Waals surface area contributed by atoms with Gasteiger partial charge in [-0.15, -0.1) is 0 Å². The van der Waals surface area contributed by atoms with E-state index in [9.17, 15) is 92.0 Å². The van der Waals surface area contributed by atoms with Gasteiger partial charge in [-0.05, 0) is 113 Å². The molecule has 0 aliphatic carbocycles. The number of aliphatic carboxylic acids is 3. The summed E-state index contributed by atoms with van der Waals surface area (Å²) in [7, 11) is 0. The standard InChI is InChI=1S/C72H116N22O20/c1-5-41(4)59(94-64(108)47(24-13-15-31-74)87-60(104)44(75)22-16-32-80-71(76)77)69(113)83-37-54(97)85-45(25-17-33-81-72(78)79)61(105)82-36-53(96)86-46(23-12-14-30-73)63(107)90-50(34-42-18-8-6-9-19-42)67(111)92-52(39-95)68(112)89-49(27-29-56(100)101)65(109)93-58(40(2)3)70(114)91-51(35-43-20-10-7-11-21-43)66(110)88-48(26-28-55(98)99)62(106)84-38-57(102)103/h6-11,18-21,40-41,44-52,58-59,95H,5,12-17,22-39,73-75H2,1-4H3,(H,82,105)(H,83,113)(H,84,106)(H,85,97)(H,86,96)(H,87,104)(H,88,110)(H,89,112)(H,90,107)(H,91,114)(H,92,111)(H,93,109)(H,94,108)(H,98,99)(H,100,101)(H,102,103)(H4,76,77,80)(H4,78,79,81)/t41-,44-,45-,46-,47-,48-,49-,50-,51-,52-,58-,59-/m0/s1. The molecule has 2 aromatic carbocycles. The lowest BCUT2D eigenvalue weighted by Gasteiger charge is -2.29. The summed E-state index contributed by atoms with van der Waals surface area (Å²) < 4.78 is 0. The molecule has 0 saturated carbocycles. The second-order valence-electron chi connectivity index (χ2n) is 27.3. The number of aliphatic hydroxyl groups excluding tert-OH is 1. The first-order chi connectivity index (χ1) is 54.0. The highest BCUT2D eigenvalue weighted by Crippen LogP contribution is 2.15. The molecule has 0 aliphatic heterocycles. The summed E-state index contributed by atoms with van der Waals surface area (Å²) in [5.74, 6) is -18.4. The van der Waals surface area contributed by atoms with Gasteiger partial charge < -0.3 is 130 Å². The number of aliphatic hydroxyl groups is 1. The number of nitrogens with two attached hydrogens (primary N) is 7. The number of guanidine groups is 2. The second kappa shape index (κ2) is 54.1. The van der Waals surface area contributed by atoms with Crippen molar-refractivity contribution >= 4 is 107 Å². The molecule has 0 bridgehead atoms. The van der Waals surface area contributed by atoms with E-state index in [0.29, 0.717) is 49.8 Å². The van der Waals surface area contributed by atoms with E-state index in [0.717, 1.165) is 0 Å². The molecule has 31 N–H and O–H groups in total. The number of carboxylic acids is 3. The summed E-state index contributed by atoms with van der Waals surface area (Å²) in [6.45, 7) is 3.49. The van der Waals surface area contributed by atoms with Gasteiger partial charge in [0.1, 0.15) is 67.0 Å². The monoisotopic (exact) mass is 1610 g/mol. The van der Waals surface area contributed by atoms with Crippen LogP contribution in [0.4, 0.5) is 0 Å². The number of carboxylic acid groups (broad SMARTS) is 3. The number of carbonyl (C=O) groups excluding carboxylic acids is 13. The number of hydrogen-bond acceptors (Lipinski definition) is 22. The zero-order chi connectivity index (χ0) is 85.4. The minimum atomic E-state index is -1.94. The number of aliphatic imine (C=N–C) groups is 2. The smallest absolute Gasteiger partial charge is 0.322 e. The van der Waals surface area contributed by atoms with E-state index in [-0.39, 0.29) is 82.9 Å². The number of unbranched alkanes of at least 4 members (excludes halogenated alkanes) is 2. The molecule has 0 saturated heterocycles. The molecule has 42 heteroatoms. The molecule has 0 radical (unpaired) electrons. The Kier molecular flexibility index (Phi) is 46.7. The van der Waals surface area contributed by atoms with E-state index in [4.69, 9.17) is 45.2 Å². The summed E-state index contributed by atoms with van der Waals surface area (Å²) in [6, 6.07) is -0.128. The van der Waals surface area contributed by atoms with Crippen LogP contribution < -0.4 is 109 Å². The number of rotatable bonds is 57. The third kappa shape index (κ3) is 40.0. The van der Waals surface area contributed by atoms with Crippen LogP contribution in [0.25, 0.3) is 0 Å². The molecule has 0 aromatic heterocycles. The number of nitrogens with zero attached hydrogens (tertiary/aromatic N) is 2. The van der Waals surface area contributed by atoms with Crippen molar-refractivity contribution in [3.63, 3.8) is 0 Å². The maximum absolute atomic E-state index is 14.5. The molecule has 2 aromatic rings. The van der Waals surface area contributed by atoms with Crippen LogP contribution >= 0.6 is 0 Å². The predicted molar refractivity (Wildman–Crippen MR) is 415 cm³/mol. The summed E-state index contributed by atoms with van der Waals surface area (Å²) in [5.41, 5.74) is 40.3. The first-order valence-electron chi connectivity index (χ1n) is 37.5. The molecular formula is C72H116N22O20. The van der Waals surface area contributed by atoms with Gasteiger partial charge in [-0.3, -0.25) is 86.7 Å². The van der Waals surface area contributed by atoms with Gasteiger partial charge in [0.15, 0.2) is 11.9 Å². The SMILES string of the molecule is CC[C@H](C)[C@H](NC(=O)[C@H](CCCCN)NC(=O)[C@@H](N)CCCN=C(N)N)C(=O)NCC(=O)N[C@@H](CCCN=C(N)N)C(=O)NCC(=O)N[C@@H](CCCCN)C(=O)N[C@@H](Cc1ccccc1)C(=O)N[C@@H](CO)C(=O)N[C@@H](CCC(=O)O)C(=O)N[C@H](C(=O)N[C@@H](Cc1ccccc1)C(=O)N[C@@H](CCC(=O)O)C(=O)NCC(=O)O)C(C)C. The van der Waals surface area contributed by atoms with Crippen molar-refractivity contribution in [2.45, 2.75) is 203 Å². The number of nitrogens with one attached hydrogen (secondary N) is 13. The van der Waals surface area contributed by atoms with Crippen LogP contribution in [0.2, 0.25) is 0 Å². The highest BCUT2D eigenvalue weighted by Gasteiger charge is 2.37. The van der Waals surface area contributed by atoms with E-state index >= 15 is 0 Å². The lowest BCUT2D eigenvalue weighted by Crippen LogP contribution is -2.61. The fraction of sp³-hybridized carbons (Fsp3) is 0.583. The Balaban J connectivity index is 2.41. The second-order valence-corrected chi connectivity index (χ2v) is 27.3. The molecule has 0 unspecified atom stereocenters. The van der Waals surface area contributed by atoms with Crippen LogP contribution in [-0.4, -0.2) is 246 Å². The largest absolute Gasteiger partial charge is 0.481 e. The van der Waals surface area contributed by atoms with Crippen LogP contribution in [-0.2, 0) is 89.6 Å². The molecule has 2 rings (SSSR count). The quantitative estimate of drug-likeness (QED) is 0.0166. The van der Waals surface area contributed by atoms with Gasteiger partial charge in [0.05, 0.1) is 25.7 Å².